The van der Waals surface area contributed by atoms with Crippen LogP contribution in [-0.2, 0) is 0 Å². The first-order chi connectivity index (χ1) is 12.2. The molecule has 0 unspecified atom stereocenters. The predicted octanol–water partition coefficient (Wildman–Crippen LogP) is 4.08. The molecule has 1 N–H and O–H groups in total. The van der Waals surface area contributed by atoms with Crippen molar-refractivity contribution in [2.45, 2.75) is 24.9 Å². The summed E-state index contributed by atoms with van der Waals surface area (Å²) < 4.78 is 10.5. The molecule has 0 aliphatic heterocycles. The Balaban J connectivity index is 1.53. The molecule has 1 aliphatic rings. The van der Waals surface area contributed by atoms with Crippen molar-refractivity contribution in [3.63, 3.8) is 0 Å². The monoisotopic (exact) mass is 354 g/mol. The number of carbonyl (C=O) groups is 1. The first-order valence-corrected chi connectivity index (χ1v) is 8.38. The number of isothiocyanates is 1. The molecule has 25 heavy (non-hydrogen) atoms. The SMILES string of the molecule is COc1ccc(-c2ccc(OC(=O)NC3CC(N=C=S)C3)cc2)cc1. The minimum Gasteiger partial charge on any atom is -0.497 e. The summed E-state index contributed by atoms with van der Waals surface area (Å²) in [7, 11) is 1.64. The van der Waals surface area contributed by atoms with Gasteiger partial charge in [0.05, 0.1) is 18.3 Å². The first-order valence-electron chi connectivity index (χ1n) is 7.98. The number of carbonyl (C=O) groups excluding carboxylic acids is 1. The van der Waals surface area contributed by atoms with Crippen molar-refractivity contribution in [2.24, 2.45) is 4.99 Å². The van der Waals surface area contributed by atoms with Crippen LogP contribution in [0.4, 0.5) is 4.79 Å². The lowest BCUT2D eigenvalue weighted by atomic mass is 9.87. The normalized spacial score (nSPS) is 18.4. The molecule has 1 amide bonds. The van der Waals surface area contributed by atoms with Gasteiger partial charge in [-0.05, 0) is 60.5 Å². The molecule has 0 radical (unpaired) electrons. The molecule has 1 saturated carbocycles. The fraction of sp³-hybridized carbons (Fsp3) is 0.263. The van der Waals surface area contributed by atoms with Gasteiger partial charge in [-0.3, -0.25) is 0 Å². The predicted molar refractivity (Wildman–Crippen MR) is 99.4 cm³/mol. The largest absolute Gasteiger partial charge is 0.497 e. The zero-order valence-electron chi connectivity index (χ0n) is 13.8. The molecule has 1 aliphatic carbocycles. The topological polar surface area (TPSA) is 59.9 Å². The Hall–Kier alpha value is -2.69. The van der Waals surface area contributed by atoms with Crippen LogP contribution in [0.1, 0.15) is 12.8 Å². The van der Waals surface area contributed by atoms with E-state index in [1.165, 1.54) is 0 Å². The molecular formula is C19H18N2O3S. The number of nitrogens with one attached hydrogen (secondary N) is 1. The van der Waals surface area contributed by atoms with Crippen LogP contribution in [0.3, 0.4) is 0 Å². The maximum Gasteiger partial charge on any atom is 0.412 e. The molecule has 6 heteroatoms. The number of benzene rings is 2. The van der Waals surface area contributed by atoms with Crippen molar-refractivity contribution in [1.29, 1.82) is 0 Å². The van der Waals surface area contributed by atoms with E-state index in [2.05, 4.69) is 27.7 Å². The number of amides is 1. The van der Waals surface area contributed by atoms with E-state index in [0.29, 0.717) is 5.75 Å². The Morgan fingerprint density at radius 2 is 1.64 bits per heavy atom. The molecule has 0 heterocycles. The van der Waals surface area contributed by atoms with Crippen molar-refractivity contribution in [1.82, 2.24) is 5.32 Å². The van der Waals surface area contributed by atoms with Crippen molar-refractivity contribution < 1.29 is 14.3 Å². The number of nitrogens with zero attached hydrogens (tertiary/aromatic N) is 1. The van der Waals surface area contributed by atoms with Crippen LogP contribution in [0.25, 0.3) is 11.1 Å². The lowest BCUT2D eigenvalue weighted by molar-refractivity contribution is 0.184. The van der Waals surface area contributed by atoms with E-state index in [1.807, 2.05) is 36.4 Å². The number of ether oxygens (including phenoxy) is 2. The minimum atomic E-state index is -0.452. The van der Waals surface area contributed by atoms with Crippen LogP contribution >= 0.6 is 12.2 Å². The first kappa shape index (κ1) is 17.1. The van der Waals surface area contributed by atoms with Crippen LogP contribution in [0.2, 0.25) is 0 Å². The Kier molecular flexibility index (Phi) is 5.43. The number of hydrogen-bond acceptors (Lipinski definition) is 5. The third-order valence-corrected chi connectivity index (χ3v) is 4.26. The van der Waals surface area contributed by atoms with E-state index in [9.17, 15) is 4.79 Å². The second kappa shape index (κ2) is 7.92. The standard InChI is InChI=1S/C19H18N2O3S/c1-23-17-6-2-13(3-7-17)14-4-8-18(9-5-14)24-19(22)21-16-10-15(11-16)20-12-25/h2-9,15-16H,10-11H2,1H3,(H,21,22). The molecule has 5 nitrogen and oxygen atoms in total. The third-order valence-electron chi connectivity index (χ3n) is 4.16. The highest BCUT2D eigenvalue weighted by Crippen LogP contribution is 2.25. The van der Waals surface area contributed by atoms with E-state index in [-0.39, 0.29) is 12.1 Å². The summed E-state index contributed by atoms with van der Waals surface area (Å²) in [6, 6.07) is 15.4. The molecule has 0 saturated heterocycles. The molecule has 0 bridgehead atoms. The number of hydrogen-bond donors (Lipinski definition) is 1. The summed E-state index contributed by atoms with van der Waals surface area (Å²) in [5.41, 5.74) is 2.10. The molecule has 128 valence electrons. The van der Waals surface area contributed by atoms with Gasteiger partial charge in [0.1, 0.15) is 11.5 Å². The summed E-state index contributed by atoms with van der Waals surface area (Å²) in [4.78, 5) is 15.9. The highest BCUT2D eigenvalue weighted by Gasteiger charge is 2.30. The van der Waals surface area contributed by atoms with Gasteiger partial charge in [-0.15, -0.1) is 0 Å². The molecule has 0 aromatic heterocycles. The van der Waals surface area contributed by atoms with Crippen molar-refractivity contribution >= 4 is 23.5 Å². The van der Waals surface area contributed by atoms with Crippen molar-refractivity contribution in [3.05, 3.63) is 48.5 Å². The Morgan fingerprint density at radius 1 is 1.08 bits per heavy atom. The molecule has 3 rings (SSSR count). The number of thiocarbonyl (C=S) groups is 1. The third kappa shape index (κ3) is 4.44. The van der Waals surface area contributed by atoms with E-state index in [0.717, 1.165) is 29.7 Å². The molecule has 2 aromatic rings. The summed E-state index contributed by atoms with van der Waals surface area (Å²) >= 11 is 4.56. The number of rotatable bonds is 5. The Labute approximate surface area is 151 Å². The van der Waals surface area contributed by atoms with Gasteiger partial charge in [0.25, 0.3) is 0 Å². The molecule has 0 atom stereocenters. The van der Waals surface area contributed by atoms with Gasteiger partial charge in [0.15, 0.2) is 0 Å². The molecule has 2 aromatic carbocycles. The van der Waals surface area contributed by atoms with E-state index in [4.69, 9.17) is 9.47 Å². The fourth-order valence-corrected chi connectivity index (χ4v) is 2.84. The Bertz CT molecular complexity index is 777. The van der Waals surface area contributed by atoms with Gasteiger partial charge in [0.2, 0.25) is 0 Å². The molecular weight excluding hydrogens is 336 g/mol. The lowest BCUT2D eigenvalue weighted by Crippen LogP contribution is -2.47. The van der Waals surface area contributed by atoms with E-state index < -0.39 is 6.09 Å². The summed E-state index contributed by atoms with van der Waals surface area (Å²) in [5.74, 6) is 1.32. The minimum absolute atomic E-state index is 0.0863. The maximum atomic E-state index is 11.9. The quantitative estimate of drug-likeness (QED) is 0.649. The van der Waals surface area contributed by atoms with Crippen LogP contribution in [0, 0.1) is 0 Å². The van der Waals surface area contributed by atoms with Crippen LogP contribution in [0.5, 0.6) is 11.5 Å². The van der Waals surface area contributed by atoms with E-state index in [1.54, 1.807) is 19.2 Å². The fourth-order valence-electron chi connectivity index (χ4n) is 2.69. The van der Waals surface area contributed by atoms with E-state index >= 15 is 0 Å². The highest BCUT2D eigenvalue weighted by atomic mass is 32.1. The Morgan fingerprint density at radius 3 is 2.16 bits per heavy atom. The van der Waals surface area contributed by atoms with Crippen molar-refractivity contribution in [3.8, 4) is 22.6 Å². The molecule has 1 fully saturated rings. The molecule has 0 spiro atoms. The second-order valence-electron chi connectivity index (χ2n) is 5.83. The zero-order valence-corrected chi connectivity index (χ0v) is 14.6. The van der Waals surface area contributed by atoms with Gasteiger partial charge < -0.3 is 14.8 Å². The number of aliphatic imine (C=N–C) groups is 1. The van der Waals surface area contributed by atoms with Crippen LogP contribution in [0.15, 0.2) is 53.5 Å². The smallest absolute Gasteiger partial charge is 0.412 e. The van der Waals surface area contributed by atoms with Gasteiger partial charge in [-0.2, -0.15) is 0 Å². The van der Waals surface area contributed by atoms with Gasteiger partial charge in [-0.25, -0.2) is 9.79 Å². The highest BCUT2D eigenvalue weighted by molar-refractivity contribution is 7.78. The van der Waals surface area contributed by atoms with Gasteiger partial charge >= 0.3 is 6.09 Å². The lowest BCUT2D eigenvalue weighted by Gasteiger charge is -2.31. The maximum absolute atomic E-state index is 11.9. The van der Waals surface area contributed by atoms with Crippen molar-refractivity contribution in [2.75, 3.05) is 7.11 Å². The summed E-state index contributed by atoms with van der Waals surface area (Å²) in [6.07, 6.45) is 1.09. The average Bonchev–Trinajstić information content (AvgIpc) is 2.61. The average molecular weight is 354 g/mol. The van der Waals surface area contributed by atoms with Crippen LogP contribution < -0.4 is 14.8 Å². The summed E-state index contributed by atoms with van der Waals surface area (Å²) in [5, 5.41) is 5.18. The second-order valence-corrected chi connectivity index (χ2v) is 6.01. The van der Waals surface area contributed by atoms with Gasteiger partial charge in [0, 0.05) is 6.04 Å². The number of methoxy groups -OCH3 is 1. The summed E-state index contributed by atoms with van der Waals surface area (Å²) in [6.45, 7) is 0. The van der Waals surface area contributed by atoms with Crippen LogP contribution in [-0.4, -0.2) is 30.4 Å². The zero-order chi connectivity index (χ0) is 17.6. The van der Waals surface area contributed by atoms with Gasteiger partial charge in [-0.1, -0.05) is 24.3 Å².